The molecule has 1 fully saturated rings. The highest BCUT2D eigenvalue weighted by atomic mass is 35.5. The van der Waals surface area contributed by atoms with Crippen LogP contribution < -0.4 is 4.72 Å². The molecule has 2 atom stereocenters. The van der Waals surface area contributed by atoms with Gasteiger partial charge in [-0.3, -0.25) is 0 Å². The Balaban J connectivity index is 1.74. The highest BCUT2D eigenvalue weighted by molar-refractivity contribution is 8.00. The Morgan fingerprint density at radius 3 is 2.33 bits per heavy atom. The van der Waals surface area contributed by atoms with Gasteiger partial charge in [-0.1, -0.05) is 42.6 Å². The number of thioether (sulfide) groups is 1. The van der Waals surface area contributed by atoms with E-state index in [2.05, 4.69) is 16.9 Å². The maximum atomic E-state index is 12.6. The van der Waals surface area contributed by atoms with Gasteiger partial charge in [-0.2, -0.15) is 0 Å². The van der Waals surface area contributed by atoms with Crippen molar-refractivity contribution < 1.29 is 8.42 Å². The summed E-state index contributed by atoms with van der Waals surface area (Å²) in [5.41, 5.74) is 0. The number of benzene rings is 2. The third-order valence-electron chi connectivity index (χ3n) is 4.16. The van der Waals surface area contributed by atoms with E-state index in [9.17, 15) is 8.42 Å². The second-order valence-corrected chi connectivity index (χ2v) is 9.40. The zero-order valence-corrected chi connectivity index (χ0v) is 15.6. The molecule has 2 aromatic rings. The van der Waals surface area contributed by atoms with Gasteiger partial charge in [0.2, 0.25) is 10.0 Å². The molecule has 0 heterocycles. The fourth-order valence-corrected chi connectivity index (χ4v) is 5.77. The summed E-state index contributed by atoms with van der Waals surface area (Å²) < 4.78 is 28.2. The van der Waals surface area contributed by atoms with Gasteiger partial charge in [-0.15, -0.1) is 11.8 Å². The fraction of sp³-hybridized carbons (Fsp3) is 0.333. The molecule has 0 aromatic heterocycles. The van der Waals surface area contributed by atoms with Crippen molar-refractivity contribution in [3.05, 3.63) is 59.6 Å². The third-order valence-corrected chi connectivity index (χ3v) is 7.33. The number of hydrogen-bond acceptors (Lipinski definition) is 3. The van der Waals surface area contributed by atoms with Crippen molar-refractivity contribution in [2.75, 3.05) is 0 Å². The van der Waals surface area contributed by atoms with Crippen LogP contribution in [0.25, 0.3) is 0 Å². The minimum atomic E-state index is -3.52. The minimum Gasteiger partial charge on any atom is -0.207 e. The normalized spacial score (nSPS) is 21.5. The SMILES string of the molecule is O=S(=O)(N[C@H]1CCCC[C@@H]1Sc1ccccc1)c1ccc(Cl)cc1. The summed E-state index contributed by atoms with van der Waals surface area (Å²) >= 11 is 7.61. The molecule has 1 aliphatic rings. The number of nitrogens with one attached hydrogen (secondary N) is 1. The van der Waals surface area contributed by atoms with Crippen molar-refractivity contribution in [3.63, 3.8) is 0 Å². The van der Waals surface area contributed by atoms with Gasteiger partial charge in [0.25, 0.3) is 0 Å². The van der Waals surface area contributed by atoms with Gasteiger partial charge in [0.05, 0.1) is 4.90 Å². The van der Waals surface area contributed by atoms with Crippen LogP contribution in [0.1, 0.15) is 25.7 Å². The molecule has 3 rings (SSSR count). The molecule has 2 aromatic carbocycles. The van der Waals surface area contributed by atoms with Crippen LogP contribution in [-0.2, 0) is 10.0 Å². The monoisotopic (exact) mass is 381 g/mol. The second kappa shape index (κ2) is 7.91. The summed E-state index contributed by atoms with van der Waals surface area (Å²) in [6, 6.07) is 16.4. The topological polar surface area (TPSA) is 46.2 Å². The standard InChI is InChI=1S/C18H20ClNO2S2/c19-14-10-12-16(13-11-14)24(21,22)20-17-8-4-5-9-18(17)23-15-6-2-1-3-7-15/h1-3,6-7,10-13,17-18,20H,4-5,8-9H2/t17-,18-/m0/s1. The van der Waals surface area contributed by atoms with Gasteiger partial charge in [0.15, 0.2) is 0 Å². The van der Waals surface area contributed by atoms with Crippen LogP contribution in [0, 0.1) is 0 Å². The lowest BCUT2D eigenvalue weighted by molar-refractivity contribution is 0.423. The number of sulfonamides is 1. The molecule has 3 nitrogen and oxygen atoms in total. The molecule has 0 radical (unpaired) electrons. The molecule has 6 heteroatoms. The molecular formula is C18H20ClNO2S2. The molecule has 1 aliphatic carbocycles. The second-order valence-electron chi connectivity index (χ2n) is 5.94. The van der Waals surface area contributed by atoms with E-state index in [1.54, 1.807) is 36.0 Å². The van der Waals surface area contributed by atoms with Crippen LogP contribution >= 0.6 is 23.4 Å². The zero-order chi connectivity index (χ0) is 17.0. The first-order valence-electron chi connectivity index (χ1n) is 8.04. The Morgan fingerprint density at radius 2 is 1.62 bits per heavy atom. The summed E-state index contributed by atoms with van der Waals surface area (Å²) in [7, 11) is -3.52. The zero-order valence-electron chi connectivity index (χ0n) is 13.2. The Kier molecular flexibility index (Phi) is 5.87. The molecule has 0 saturated heterocycles. The minimum absolute atomic E-state index is 0.0513. The van der Waals surface area contributed by atoms with Gasteiger partial charge in [0, 0.05) is 21.2 Å². The van der Waals surface area contributed by atoms with E-state index in [1.807, 2.05) is 18.2 Å². The van der Waals surface area contributed by atoms with Gasteiger partial charge < -0.3 is 0 Å². The summed E-state index contributed by atoms with van der Waals surface area (Å²) in [4.78, 5) is 1.45. The highest BCUT2D eigenvalue weighted by Crippen LogP contribution is 2.34. The Bertz CT molecular complexity index is 763. The third kappa shape index (κ3) is 4.54. The first kappa shape index (κ1) is 17.8. The van der Waals surface area contributed by atoms with E-state index in [4.69, 9.17) is 11.6 Å². The number of halogens is 1. The molecule has 1 saturated carbocycles. The predicted octanol–water partition coefficient (Wildman–Crippen LogP) is 4.72. The van der Waals surface area contributed by atoms with Crippen molar-refractivity contribution in [1.82, 2.24) is 4.72 Å². The van der Waals surface area contributed by atoms with Crippen LogP contribution in [0.2, 0.25) is 5.02 Å². The maximum absolute atomic E-state index is 12.6. The lowest BCUT2D eigenvalue weighted by Gasteiger charge is -2.31. The summed E-state index contributed by atoms with van der Waals surface area (Å²) in [6.07, 6.45) is 4.09. The lowest BCUT2D eigenvalue weighted by Crippen LogP contribution is -2.43. The van der Waals surface area contributed by atoms with Crippen molar-refractivity contribution in [1.29, 1.82) is 0 Å². The van der Waals surface area contributed by atoms with Crippen molar-refractivity contribution >= 4 is 33.4 Å². The largest absolute Gasteiger partial charge is 0.240 e. The summed E-state index contributed by atoms with van der Waals surface area (Å²) in [5.74, 6) is 0. The average molecular weight is 382 g/mol. The van der Waals surface area contributed by atoms with Gasteiger partial charge in [0.1, 0.15) is 0 Å². The van der Waals surface area contributed by atoms with E-state index >= 15 is 0 Å². The molecule has 0 bridgehead atoms. The van der Waals surface area contributed by atoms with Crippen LogP contribution in [0.5, 0.6) is 0 Å². The van der Waals surface area contributed by atoms with Crippen molar-refractivity contribution in [2.45, 2.75) is 46.8 Å². The first-order chi connectivity index (χ1) is 11.5. The van der Waals surface area contributed by atoms with Gasteiger partial charge in [-0.05, 0) is 49.2 Å². The van der Waals surface area contributed by atoms with Gasteiger partial charge in [-0.25, -0.2) is 13.1 Å². The quantitative estimate of drug-likeness (QED) is 0.814. The Labute approximate surface area is 152 Å². The highest BCUT2D eigenvalue weighted by Gasteiger charge is 2.30. The van der Waals surface area contributed by atoms with E-state index in [1.165, 1.54) is 4.90 Å². The van der Waals surface area contributed by atoms with Gasteiger partial charge >= 0.3 is 0 Å². The Morgan fingerprint density at radius 1 is 0.958 bits per heavy atom. The fourth-order valence-electron chi connectivity index (χ4n) is 2.93. The molecule has 128 valence electrons. The summed E-state index contributed by atoms with van der Waals surface area (Å²) in [5, 5.41) is 0.785. The molecule has 0 aliphatic heterocycles. The lowest BCUT2D eigenvalue weighted by atomic mass is 9.96. The van der Waals surface area contributed by atoms with Crippen molar-refractivity contribution in [3.8, 4) is 0 Å². The molecule has 0 unspecified atom stereocenters. The van der Waals surface area contributed by atoms with E-state index in [-0.39, 0.29) is 16.2 Å². The van der Waals surface area contributed by atoms with Crippen LogP contribution in [-0.4, -0.2) is 19.7 Å². The van der Waals surface area contributed by atoms with E-state index in [0.29, 0.717) is 5.02 Å². The summed E-state index contributed by atoms with van der Waals surface area (Å²) in [6.45, 7) is 0. The van der Waals surface area contributed by atoms with Crippen LogP contribution in [0.3, 0.4) is 0 Å². The molecule has 1 N–H and O–H groups in total. The average Bonchev–Trinajstić information content (AvgIpc) is 2.58. The van der Waals surface area contributed by atoms with Crippen LogP contribution in [0.15, 0.2) is 64.4 Å². The van der Waals surface area contributed by atoms with E-state index < -0.39 is 10.0 Å². The van der Waals surface area contributed by atoms with E-state index in [0.717, 1.165) is 25.7 Å². The Hall–Kier alpha value is -1.01. The van der Waals surface area contributed by atoms with Crippen LogP contribution in [0.4, 0.5) is 0 Å². The molecular weight excluding hydrogens is 362 g/mol. The number of rotatable bonds is 5. The number of hydrogen-bond donors (Lipinski definition) is 1. The van der Waals surface area contributed by atoms with Crippen molar-refractivity contribution in [2.24, 2.45) is 0 Å². The molecule has 24 heavy (non-hydrogen) atoms. The maximum Gasteiger partial charge on any atom is 0.240 e. The molecule has 0 spiro atoms. The predicted molar refractivity (Wildman–Crippen MR) is 100 cm³/mol. The first-order valence-corrected chi connectivity index (χ1v) is 10.8. The smallest absolute Gasteiger partial charge is 0.207 e. The molecule has 0 amide bonds.